The van der Waals surface area contributed by atoms with Crippen molar-refractivity contribution in [1.29, 1.82) is 0 Å². The van der Waals surface area contributed by atoms with Crippen LogP contribution >= 0.6 is 0 Å². The van der Waals surface area contributed by atoms with E-state index in [1.165, 1.54) is 11.9 Å². The van der Waals surface area contributed by atoms with Gasteiger partial charge in [-0.1, -0.05) is 12.1 Å². The van der Waals surface area contributed by atoms with Crippen LogP contribution in [0.4, 0.5) is 0 Å². The maximum atomic E-state index is 5.60. The van der Waals surface area contributed by atoms with Crippen LogP contribution in [0.1, 0.15) is 5.56 Å². The minimum Gasteiger partial charge on any atom is -0.481 e. The van der Waals surface area contributed by atoms with Gasteiger partial charge in [-0.15, -0.1) is 0 Å². The normalized spacial score (nSPS) is 10.1. The molecule has 18 heavy (non-hydrogen) atoms. The van der Waals surface area contributed by atoms with Gasteiger partial charge in [0.15, 0.2) is 0 Å². The van der Waals surface area contributed by atoms with Crippen LogP contribution in [0.25, 0.3) is 0 Å². The van der Waals surface area contributed by atoms with E-state index in [0.29, 0.717) is 11.8 Å². The van der Waals surface area contributed by atoms with Crippen molar-refractivity contribution < 1.29 is 9.47 Å². The fraction of sp³-hybridized carbons (Fsp3) is 0.231. The first kappa shape index (κ1) is 12.3. The summed E-state index contributed by atoms with van der Waals surface area (Å²) in [5.74, 6) is 1.67. The van der Waals surface area contributed by atoms with Gasteiger partial charge in [-0.25, -0.2) is 9.97 Å². The smallest absolute Gasteiger partial charge is 0.226 e. The molecule has 94 valence electrons. The number of benzene rings is 1. The molecule has 0 bridgehead atoms. The lowest BCUT2D eigenvalue weighted by molar-refractivity contribution is 0.388. The molecule has 0 atom stereocenters. The Labute approximate surface area is 106 Å². The molecule has 0 spiro atoms. The molecule has 0 aliphatic heterocycles. The number of hydrogen-bond acceptors (Lipinski definition) is 5. The van der Waals surface area contributed by atoms with Gasteiger partial charge in [0.2, 0.25) is 11.8 Å². The number of nitrogens with one attached hydrogen (secondary N) is 1. The van der Waals surface area contributed by atoms with Gasteiger partial charge < -0.3 is 14.8 Å². The van der Waals surface area contributed by atoms with Gasteiger partial charge in [-0.05, 0) is 24.7 Å². The molecule has 0 radical (unpaired) electrons. The third-order valence-electron chi connectivity index (χ3n) is 2.35. The first-order valence-corrected chi connectivity index (χ1v) is 5.59. The van der Waals surface area contributed by atoms with Crippen molar-refractivity contribution in [3.05, 3.63) is 42.2 Å². The Morgan fingerprint density at radius 1 is 1.11 bits per heavy atom. The second-order valence-electron chi connectivity index (χ2n) is 3.67. The average Bonchev–Trinajstić information content (AvgIpc) is 2.42. The van der Waals surface area contributed by atoms with E-state index in [4.69, 9.17) is 9.47 Å². The van der Waals surface area contributed by atoms with Crippen LogP contribution in [-0.4, -0.2) is 24.1 Å². The van der Waals surface area contributed by atoms with E-state index in [1.807, 2.05) is 31.3 Å². The lowest BCUT2D eigenvalue weighted by atomic mass is 10.2. The van der Waals surface area contributed by atoms with Crippen molar-refractivity contribution in [2.45, 2.75) is 6.54 Å². The maximum Gasteiger partial charge on any atom is 0.226 e. The molecular weight excluding hydrogens is 230 g/mol. The standard InChI is InChI=1S/C13H15N3O2/c1-14-8-10-3-5-11(6-4-10)18-13-7-12(17-2)15-9-16-13/h3-7,9,14H,8H2,1-2H3. The fourth-order valence-corrected chi connectivity index (χ4v) is 1.49. The molecule has 2 rings (SSSR count). The van der Waals surface area contributed by atoms with Crippen molar-refractivity contribution in [1.82, 2.24) is 15.3 Å². The van der Waals surface area contributed by atoms with E-state index in [2.05, 4.69) is 15.3 Å². The molecule has 1 aromatic carbocycles. The van der Waals surface area contributed by atoms with Gasteiger partial charge in [0, 0.05) is 6.54 Å². The summed E-state index contributed by atoms with van der Waals surface area (Å²) >= 11 is 0. The molecule has 0 saturated carbocycles. The second-order valence-corrected chi connectivity index (χ2v) is 3.67. The molecule has 1 heterocycles. The zero-order valence-electron chi connectivity index (χ0n) is 10.4. The summed E-state index contributed by atoms with van der Waals surface area (Å²) in [6.07, 6.45) is 1.41. The highest BCUT2D eigenvalue weighted by Crippen LogP contribution is 2.21. The quantitative estimate of drug-likeness (QED) is 0.873. The highest BCUT2D eigenvalue weighted by Gasteiger charge is 2.01. The molecule has 0 aliphatic carbocycles. The Kier molecular flexibility index (Phi) is 4.09. The number of methoxy groups -OCH3 is 1. The minimum atomic E-state index is 0.461. The minimum absolute atomic E-state index is 0.461. The summed E-state index contributed by atoms with van der Waals surface area (Å²) in [7, 11) is 3.47. The van der Waals surface area contributed by atoms with E-state index in [-0.39, 0.29) is 0 Å². The van der Waals surface area contributed by atoms with Crippen LogP contribution in [0.5, 0.6) is 17.5 Å². The molecule has 1 aromatic heterocycles. The second kappa shape index (κ2) is 5.97. The van der Waals surface area contributed by atoms with Gasteiger partial charge in [-0.3, -0.25) is 0 Å². The van der Waals surface area contributed by atoms with Gasteiger partial charge >= 0.3 is 0 Å². The lowest BCUT2D eigenvalue weighted by Gasteiger charge is -2.06. The van der Waals surface area contributed by atoms with Crippen LogP contribution in [0.15, 0.2) is 36.7 Å². The molecular formula is C13H15N3O2. The first-order chi connectivity index (χ1) is 8.81. The zero-order chi connectivity index (χ0) is 12.8. The topological polar surface area (TPSA) is 56.3 Å². The largest absolute Gasteiger partial charge is 0.481 e. The third kappa shape index (κ3) is 3.18. The average molecular weight is 245 g/mol. The van der Waals surface area contributed by atoms with E-state index in [9.17, 15) is 0 Å². The monoisotopic (exact) mass is 245 g/mol. The molecule has 0 unspecified atom stereocenters. The summed E-state index contributed by atoms with van der Waals surface area (Å²) in [5, 5.41) is 3.09. The Balaban J connectivity index is 2.08. The number of ether oxygens (including phenoxy) is 2. The Hall–Kier alpha value is -2.14. The summed E-state index contributed by atoms with van der Waals surface area (Å²) in [4.78, 5) is 7.93. The van der Waals surface area contributed by atoms with E-state index >= 15 is 0 Å². The van der Waals surface area contributed by atoms with Crippen LogP contribution in [0.3, 0.4) is 0 Å². The van der Waals surface area contributed by atoms with E-state index in [1.54, 1.807) is 13.2 Å². The SMILES string of the molecule is CNCc1ccc(Oc2cc(OC)ncn2)cc1. The van der Waals surface area contributed by atoms with Gasteiger partial charge in [-0.2, -0.15) is 0 Å². The van der Waals surface area contributed by atoms with Crippen LogP contribution < -0.4 is 14.8 Å². The fourth-order valence-electron chi connectivity index (χ4n) is 1.49. The number of nitrogens with zero attached hydrogens (tertiary/aromatic N) is 2. The van der Waals surface area contributed by atoms with Crippen LogP contribution in [0, 0.1) is 0 Å². The van der Waals surface area contributed by atoms with Crippen molar-refractivity contribution in [3.8, 4) is 17.5 Å². The third-order valence-corrected chi connectivity index (χ3v) is 2.35. The molecule has 1 N–H and O–H groups in total. The number of aromatic nitrogens is 2. The molecule has 2 aromatic rings. The number of rotatable bonds is 5. The van der Waals surface area contributed by atoms with Gasteiger partial charge in [0.25, 0.3) is 0 Å². The molecule has 5 heteroatoms. The molecule has 0 aliphatic rings. The molecule has 0 saturated heterocycles. The molecule has 5 nitrogen and oxygen atoms in total. The summed E-state index contributed by atoms with van der Waals surface area (Å²) in [5.41, 5.74) is 1.20. The predicted molar refractivity (Wildman–Crippen MR) is 67.9 cm³/mol. The highest BCUT2D eigenvalue weighted by atomic mass is 16.5. The van der Waals surface area contributed by atoms with Gasteiger partial charge in [0.05, 0.1) is 13.2 Å². The molecule has 0 amide bonds. The Bertz CT molecular complexity index is 500. The summed E-state index contributed by atoms with van der Waals surface area (Å²) in [6.45, 7) is 0.835. The van der Waals surface area contributed by atoms with E-state index in [0.717, 1.165) is 12.3 Å². The zero-order valence-corrected chi connectivity index (χ0v) is 10.4. The predicted octanol–water partition coefficient (Wildman–Crippen LogP) is 2.00. The van der Waals surface area contributed by atoms with Crippen molar-refractivity contribution in [3.63, 3.8) is 0 Å². The van der Waals surface area contributed by atoms with Crippen molar-refractivity contribution in [2.24, 2.45) is 0 Å². The Morgan fingerprint density at radius 2 is 1.83 bits per heavy atom. The Morgan fingerprint density at radius 3 is 2.50 bits per heavy atom. The van der Waals surface area contributed by atoms with Crippen molar-refractivity contribution in [2.75, 3.05) is 14.2 Å². The van der Waals surface area contributed by atoms with Crippen LogP contribution in [0.2, 0.25) is 0 Å². The van der Waals surface area contributed by atoms with Crippen molar-refractivity contribution >= 4 is 0 Å². The van der Waals surface area contributed by atoms with Crippen LogP contribution in [-0.2, 0) is 6.54 Å². The number of hydrogen-bond donors (Lipinski definition) is 1. The van der Waals surface area contributed by atoms with E-state index < -0.39 is 0 Å². The highest BCUT2D eigenvalue weighted by molar-refractivity contribution is 5.31. The maximum absolute atomic E-state index is 5.60. The summed E-state index contributed by atoms with van der Waals surface area (Å²) < 4.78 is 10.6. The lowest BCUT2D eigenvalue weighted by Crippen LogP contribution is -2.04. The van der Waals surface area contributed by atoms with Gasteiger partial charge in [0.1, 0.15) is 12.1 Å². The summed E-state index contributed by atoms with van der Waals surface area (Å²) in [6, 6.07) is 9.46. The first-order valence-electron chi connectivity index (χ1n) is 5.59. The molecule has 0 fully saturated rings.